The molecule has 108 valence electrons. The molecule has 21 heavy (non-hydrogen) atoms. The fourth-order valence-corrected chi connectivity index (χ4v) is 1.89. The van der Waals surface area contributed by atoms with E-state index >= 15 is 0 Å². The Kier molecular flexibility index (Phi) is 4.66. The van der Waals surface area contributed by atoms with Crippen molar-refractivity contribution < 1.29 is 14.7 Å². The lowest BCUT2D eigenvalue weighted by Gasteiger charge is -2.06. The maximum Gasteiger partial charge on any atom is 0.335 e. The van der Waals surface area contributed by atoms with Crippen molar-refractivity contribution >= 4 is 11.9 Å². The SMILES string of the molecule is Cc1cccc(C(=O)NCCc2ccc(C(=O)O)cc2)n1. The molecule has 1 amide bonds. The normalized spacial score (nSPS) is 10.1. The number of amides is 1. The maximum absolute atomic E-state index is 11.9. The number of aromatic carboxylic acids is 1. The average Bonchev–Trinajstić information content (AvgIpc) is 2.47. The van der Waals surface area contributed by atoms with Gasteiger partial charge >= 0.3 is 5.97 Å². The third-order valence-electron chi connectivity index (χ3n) is 3.02. The lowest BCUT2D eigenvalue weighted by atomic mass is 10.1. The molecule has 2 aromatic rings. The molecule has 0 radical (unpaired) electrons. The van der Waals surface area contributed by atoms with E-state index in [9.17, 15) is 9.59 Å². The first-order chi connectivity index (χ1) is 10.1. The van der Waals surface area contributed by atoms with Crippen LogP contribution in [0.15, 0.2) is 42.5 Å². The average molecular weight is 284 g/mol. The lowest BCUT2D eigenvalue weighted by molar-refractivity contribution is 0.0696. The molecule has 0 unspecified atom stereocenters. The third-order valence-corrected chi connectivity index (χ3v) is 3.02. The lowest BCUT2D eigenvalue weighted by Crippen LogP contribution is -2.26. The summed E-state index contributed by atoms with van der Waals surface area (Å²) in [6, 6.07) is 11.9. The Morgan fingerprint density at radius 3 is 2.48 bits per heavy atom. The molecular formula is C16H16N2O3. The van der Waals surface area contributed by atoms with Gasteiger partial charge in [-0.05, 0) is 43.2 Å². The molecule has 2 rings (SSSR count). The van der Waals surface area contributed by atoms with Crippen LogP contribution in [0.2, 0.25) is 0 Å². The molecule has 0 aliphatic rings. The van der Waals surface area contributed by atoms with E-state index in [0.29, 0.717) is 18.7 Å². The number of hydrogen-bond donors (Lipinski definition) is 2. The van der Waals surface area contributed by atoms with Gasteiger partial charge in [0.1, 0.15) is 5.69 Å². The van der Waals surface area contributed by atoms with Crippen LogP contribution in [0.5, 0.6) is 0 Å². The van der Waals surface area contributed by atoms with Crippen molar-refractivity contribution in [3.8, 4) is 0 Å². The Morgan fingerprint density at radius 1 is 1.14 bits per heavy atom. The first-order valence-electron chi connectivity index (χ1n) is 6.60. The van der Waals surface area contributed by atoms with Crippen molar-refractivity contribution in [1.29, 1.82) is 0 Å². The van der Waals surface area contributed by atoms with Gasteiger partial charge in [-0.3, -0.25) is 4.79 Å². The van der Waals surface area contributed by atoms with E-state index in [2.05, 4.69) is 10.3 Å². The number of pyridine rings is 1. The van der Waals surface area contributed by atoms with Gasteiger partial charge in [0.05, 0.1) is 5.56 Å². The summed E-state index contributed by atoms with van der Waals surface area (Å²) >= 11 is 0. The molecule has 0 spiro atoms. The summed E-state index contributed by atoms with van der Waals surface area (Å²) in [5, 5.41) is 11.6. The first kappa shape index (κ1) is 14.7. The van der Waals surface area contributed by atoms with Gasteiger partial charge in [0.2, 0.25) is 0 Å². The summed E-state index contributed by atoms with van der Waals surface area (Å²) in [4.78, 5) is 26.8. The van der Waals surface area contributed by atoms with Gasteiger partial charge in [-0.1, -0.05) is 18.2 Å². The van der Waals surface area contributed by atoms with Gasteiger partial charge in [0.25, 0.3) is 5.91 Å². The predicted octanol–water partition coefficient (Wildman–Crippen LogP) is 2.06. The number of carboxylic acid groups (broad SMARTS) is 1. The van der Waals surface area contributed by atoms with E-state index in [4.69, 9.17) is 5.11 Å². The van der Waals surface area contributed by atoms with E-state index in [1.54, 1.807) is 36.4 Å². The predicted molar refractivity (Wildman–Crippen MR) is 78.4 cm³/mol. The summed E-state index contributed by atoms with van der Waals surface area (Å²) in [5.74, 6) is -1.15. The number of carboxylic acids is 1. The van der Waals surface area contributed by atoms with Crippen LogP contribution in [0, 0.1) is 6.92 Å². The number of aryl methyl sites for hydroxylation is 1. The van der Waals surface area contributed by atoms with Crippen molar-refractivity contribution in [1.82, 2.24) is 10.3 Å². The molecule has 5 nitrogen and oxygen atoms in total. The van der Waals surface area contributed by atoms with Gasteiger partial charge in [0.15, 0.2) is 0 Å². The van der Waals surface area contributed by atoms with Crippen LogP contribution in [0.4, 0.5) is 0 Å². The zero-order valence-electron chi connectivity index (χ0n) is 11.7. The Hall–Kier alpha value is -2.69. The molecule has 0 aliphatic carbocycles. The zero-order chi connectivity index (χ0) is 15.2. The van der Waals surface area contributed by atoms with Crippen molar-refractivity contribution in [2.75, 3.05) is 6.54 Å². The number of hydrogen-bond acceptors (Lipinski definition) is 3. The minimum Gasteiger partial charge on any atom is -0.478 e. The van der Waals surface area contributed by atoms with E-state index in [0.717, 1.165) is 11.3 Å². The van der Waals surface area contributed by atoms with E-state index in [-0.39, 0.29) is 11.5 Å². The van der Waals surface area contributed by atoms with Crippen LogP contribution < -0.4 is 5.32 Å². The van der Waals surface area contributed by atoms with Crippen molar-refractivity contribution in [2.24, 2.45) is 0 Å². The maximum atomic E-state index is 11.9. The zero-order valence-corrected chi connectivity index (χ0v) is 11.7. The second-order valence-electron chi connectivity index (χ2n) is 4.67. The van der Waals surface area contributed by atoms with E-state index in [1.165, 1.54) is 0 Å². The largest absolute Gasteiger partial charge is 0.478 e. The van der Waals surface area contributed by atoms with Crippen molar-refractivity contribution in [2.45, 2.75) is 13.3 Å². The highest BCUT2D eigenvalue weighted by Gasteiger charge is 2.06. The minimum absolute atomic E-state index is 0.208. The summed E-state index contributed by atoms with van der Waals surface area (Å²) in [7, 11) is 0. The molecule has 1 aromatic heterocycles. The molecule has 1 heterocycles. The molecule has 0 atom stereocenters. The van der Waals surface area contributed by atoms with Gasteiger partial charge in [-0.25, -0.2) is 9.78 Å². The molecule has 0 fully saturated rings. The van der Waals surface area contributed by atoms with Crippen LogP contribution in [0.1, 0.15) is 32.1 Å². The topological polar surface area (TPSA) is 79.3 Å². The summed E-state index contributed by atoms with van der Waals surface area (Å²) in [5.41, 5.74) is 2.42. The van der Waals surface area contributed by atoms with Crippen LogP contribution in [0.25, 0.3) is 0 Å². The molecule has 1 aromatic carbocycles. The fourth-order valence-electron chi connectivity index (χ4n) is 1.89. The standard InChI is InChI=1S/C16H16N2O3/c1-11-3-2-4-14(18-11)15(19)17-10-9-12-5-7-13(8-6-12)16(20)21/h2-8H,9-10H2,1H3,(H,17,19)(H,20,21). The van der Waals surface area contributed by atoms with Crippen LogP contribution in [0.3, 0.4) is 0 Å². The number of rotatable bonds is 5. The number of nitrogens with one attached hydrogen (secondary N) is 1. The Labute approximate surface area is 122 Å². The quantitative estimate of drug-likeness (QED) is 0.880. The molecule has 2 N–H and O–H groups in total. The van der Waals surface area contributed by atoms with Gasteiger partial charge < -0.3 is 10.4 Å². The van der Waals surface area contributed by atoms with Gasteiger partial charge in [-0.15, -0.1) is 0 Å². The molecule has 0 aliphatic heterocycles. The fraction of sp³-hybridized carbons (Fsp3) is 0.188. The van der Waals surface area contributed by atoms with Crippen LogP contribution in [-0.4, -0.2) is 28.5 Å². The molecule has 0 saturated heterocycles. The molecular weight excluding hydrogens is 268 g/mol. The van der Waals surface area contributed by atoms with Crippen LogP contribution in [-0.2, 0) is 6.42 Å². The highest BCUT2D eigenvalue weighted by atomic mass is 16.4. The van der Waals surface area contributed by atoms with Crippen molar-refractivity contribution in [3.63, 3.8) is 0 Å². The molecule has 0 saturated carbocycles. The smallest absolute Gasteiger partial charge is 0.335 e. The monoisotopic (exact) mass is 284 g/mol. The van der Waals surface area contributed by atoms with E-state index < -0.39 is 5.97 Å². The van der Waals surface area contributed by atoms with E-state index in [1.807, 2.05) is 13.0 Å². The Bertz CT molecular complexity index is 651. The van der Waals surface area contributed by atoms with Crippen molar-refractivity contribution in [3.05, 3.63) is 65.0 Å². The number of nitrogens with zero attached hydrogens (tertiary/aromatic N) is 1. The second kappa shape index (κ2) is 6.65. The Morgan fingerprint density at radius 2 is 1.86 bits per heavy atom. The molecule has 5 heteroatoms. The number of carbonyl (C=O) groups is 2. The van der Waals surface area contributed by atoms with Gasteiger partial charge in [-0.2, -0.15) is 0 Å². The second-order valence-corrected chi connectivity index (χ2v) is 4.67. The summed E-state index contributed by atoms with van der Waals surface area (Å²) < 4.78 is 0. The summed E-state index contributed by atoms with van der Waals surface area (Å²) in [6.07, 6.45) is 0.636. The summed E-state index contributed by atoms with van der Waals surface area (Å²) in [6.45, 7) is 2.31. The molecule has 0 bridgehead atoms. The number of carbonyl (C=O) groups excluding carboxylic acids is 1. The highest BCUT2D eigenvalue weighted by molar-refractivity contribution is 5.92. The third kappa shape index (κ3) is 4.14. The first-order valence-corrected chi connectivity index (χ1v) is 6.60. The van der Waals surface area contributed by atoms with Crippen LogP contribution >= 0.6 is 0 Å². The highest BCUT2D eigenvalue weighted by Crippen LogP contribution is 2.05. The number of benzene rings is 1. The number of aromatic nitrogens is 1. The minimum atomic E-state index is -0.944. The Balaban J connectivity index is 1.86. The van der Waals surface area contributed by atoms with Gasteiger partial charge in [0, 0.05) is 12.2 Å².